The molecule has 0 radical (unpaired) electrons. The summed E-state index contributed by atoms with van der Waals surface area (Å²) in [5.74, 6) is 0.489. The van der Waals surface area contributed by atoms with Crippen LogP contribution in [0.3, 0.4) is 0 Å². The maximum absolute atomic E-state index is 10.1. The van der Waals surface area contributed by atoms with E-state index in [2.05, 4.69) is 26.8 Å². The maximum atomic E-state index is 10.1. The van der Waals surface area contributed by atoms with Gasteiger partial charge in [-0.3, -0.25) is 4.57 Å². The number of nitrogens with zero attached hydrogens (tertiary/aromatic N) is 4. The lowest BCUT2D eigenvalue weighted by atomic mass is 10.1. The van der Waals surface area contributed by atoms with E-state index in [0.29, 0.717) is 17.0 Å². The number of hydrogen-bond donors (Lipinski definition) is 4. The topological polar surface area (TPSA) is 126 Å². The van der Waals surface area contributed by atoms with Gasteiger partial charge in [-0.25, -0.2) is 15.0 Å². The number of aliphatic hydroxyl groups is 3. The summed E-state index contributed by atoms with van der Waals surface area (Å²) in [5.41, 5.74) is 1.80. The number of imidazole rings is 1. The monoisotopic (exact) mass is 333 g/mol. The second-order valence-electron chi connectivity index (χ2n) is 5.60. The molecule has 3 rings (SSSR count). The van der Waals surface area contributed by atoms with Gasteiger partial charge in [0.1, 0.15) is 24.6 Å². The summed E-state index contributed by atoms with van der Waals surface area (Å²) in [7, 11) is 0. The lowest BCUT2D eigenvalue weighted by Gasteiger charge is -2.16. The van der Waals surface area contributed by atoms with E-state index in [1.165, 1.54) is 17.2 Å². The van der Waals surface area contributed by atoms with Crippen LogP contribution in [-0.2, 0) is 4.74 Å². The molecule has 1 fully saturated rings. The van der Waals surface area contributed by atoms with Gasteiger partial charge in [-0.15, -0.1) is 0 Å². The van der Waals surface area contributed by atoms with Crippen LogP contribution < -0.4 is 5.32 Å². The van der Waals surface area contributed by atoms with Crippen LogP contribution >= 0.6 is 0 Å². The van der Waals surface area contributed by atoms with Crippen LogP contribution in [0.5, 0.6) is 0 Å². The van der Waals surface area contributed by atoms with Crippen molar-refractivity contribution in [2.75, 3.05) is 11.9 Å². The second kappa shape index (κ2) is 6.65. The fourth-order valence-electron chi connectivity index (χ4n) is 2.52. The molecule has 0 saturated carbocycles. The van der Waals surface area contributed by atoms with Gasteiger partial charge >= 0.3 is 0 Å². The highest BCUT2D eigenvalue weighted by molar-refractivity contribution is 5.83. The Hall–Kier alpha value is -2.33. The van der Waals surface area contributed by atoms with Gasteiger partial charge < -0.3 is 25.4 Å². The fraction of sp³-hybridized carbons (Fsp3) is 0.400. The van der Waals surface area contributed by atoms with Crippen molar-refractivity contribution in [3.05, 3.63) is 37.1 Å². The van der Waals surface area contributed by atoms with E-state index in [-0.39, 0.29) is 0 Å². The van der Waals surface area contributed by atoms with Crippen LogP contribution in [0.2, 0.25) is 0 Å². The molecule has 4 N–H and O–H groups in total. The van der Waals surface area contributed by atoms with Crippen LogP contribution in [0, 0.1) is 0 Å². The smallest absolute Gasteiger partial charge is 0.167 e. The van der Waals surface area contributed by atoms with Crippen LogP contribution in [0.25, 0.3) is 11.2 Å². The SMILES string of the molecule is C=C(C)C=CNc1ncnc2c1ncn2[C@@H]1O[C@H](CO)[C@@H](O)[C@H]1O. The summed E-state index contributed by atoms with van der Waals surface area (Å²) < 4.78 is 7.01. The minimum absolute atomic E-state index is 0.394. The van der Waals surface area contributed by atoms with E-state index in [1.807, 2.05) is 6.92 Å². The van der Waals surface area contributed by atoms with E-state index in [0.717, 1.165) is 5.57 Å². The summed E-state index contributed by atoms with van der Waals surface area (Å²) in [5, 5.41) is 32.2. The molecule has 2 aromatic heterocycles. The molecule has 0 unspecified atom stereocenters. The highest BCUT2D eigenvalue weighted by atomic mass is 16.6. The third-order valence-corrected chi connectivity index (χ3v) is 3.74. The van der Waals surface area contributed by atoms with Crippen molar-refractivity contribution in [1.29, 1.82) is 0 Å². The molecule has 24 heavy (non-hydrogen) atoms. The minimum Gasteiger partial charge on any atom is -0.394 e. The number of fused-ring (bicyclic) bond motifs is 1. The molecule has 0 bridgehead atoms. The normalized spacial score (nSPS) is 27.2. The zero-order valence-electron chi connectivity index (χ0n) is 13.1. The van der Waals surface area contributed by atoms with Crippen LogP contribution in [-0.4, -0.2) is 59.8 Å². The van der Waals surface area contributed by atoms with Crippen molar-refractivity contribution < 1.29 is 20.1 Å². The Bertz CT molecular complexity index is 774. The molecule has 9 nitrogen and oxygen atoms in total. The number of allylic oxidation sites excluding steroid dienone is 2. The van der Waals surface area contributed by atoms with Gasteiger partial charge in [-0.2, -0.15) is 0 Å². The molecular weight excluding hydrogens is 314 g/mol. The Kier molecular flexibility index (Phi) is 4.58. The summed E-state index contributed by atoms with van der Waals surface area (Å²) in [6.07, 6.45) is 2.15. The van der Waals surface area contributed by atoms with Crippen LogP contribution in [0.4, 0.5) is 5.82 Å². The largest absolute Gasteiger partial charge is 0.394 e. The summed E-state index contributed by atoms with van der Waals surface area (Å²) in [6, 6.07) is 0. The van der Waals surface area contributed by atoms with Crippen LogP contribution in [0.1, 0.15) is 13.2 Å². The molecule has 0 aromatic carbocycles. The molecule has 3 heterocycles. The number of hydrogen-bond acceptors (Lipinski definition) is 8. The standard InChI is InChI=1S/C15H19N5O4/c1-8(2)3-4-16-13-10-14(18-6-17-13)20(7-19-10)15-12(23)11(22)9(5-21)24-15/h3-4,6-7,9,11-12,15,21-23H,1,5H2,2H3,(H,16,17,18)/t9-,11-,12-,15-/m1/s1. The zero-order chi connectivity index (χ0) is 17.3. The van der Waals surface area contributed by atoms with Crippen molar-refractivity contribution >= 4 is 17.0 Å². The lowest BCUT2D eigenvalue weighted by Crippen LogP contribution is -2.33. The molecule has 2 aromatic rings. The van der Waals surface area contributed by atoms with Crippen molar-refractivity contribution in [3.63, 3.8) is 0 Å². The van der Waals surface area contributed by atoms with Gasteiger partial charge in [-0.1, -0.05) is 12.2 Å². The average molecular weight is 333 g/mol. The highest BCUT2D eigenvalue weighted by Crippen LogP contribution is 2.31. The van der Waals surface area contributed by atoms with Gasteiger partial charge in [0.15, 0.2) is 23.2 Å². The van der Waals surface area contributed by atoms with E-state index in [1.54, 1.807) is 12.3 Å². The molecular formula is C15H19N5O4. The molecule has 0 spiro atoms. The molecule has 128 valence electrons. The molecule has 0 aliphatic carbocycles. The van der Waals surface area contributed by atoms with Crippen molar-refractivity contribution in [3.8, 4) is 0 Å². The molecule has 0 amide bonds. The Morgan fingerprint density at radius 1 is 1.38 bits per heavy atom. The number of ether oxygens (including phenoxy) is 1. The van der Waals surface area contributed by atoms with Gasteiger partial charge in [0, 0.05) is 6.20 Å². The van der Waals surface area contributed by atoms with Crippen molar-refractivity contribution in [2.45, 2.75) is 31.5 Å². The van der Waals surface area contributed by atoms with Gasteiger partial charge in [0.25, 0.3) is 0 Å². The molecule has 4 atom stereocenters. The Morgan fingerprint density at radius 2 is 2.17 bits per heavy atom. The fourth-order valence-corrected chi connectivity index (χ4v) is 2.52. The zero-order valence-corrected chi connectivity index (χ0v) is 13.1. The highest BCUT2D eigenvalue weighted by Gasteiger charge is 2.43. The van der Waals surface area contributed by atoms with E-state index in [9.17, 15) is 15.3 Å². The quantitative estimate of drug-likeness (QED) is 0.561. The van der Waals surface area contributed by atoms with E-state index in [4.69, 9.17) is 4.74 Å². The average Bonchev–Trinajstić information content (AvgIpc) is 3.10. The number of aromatic nitrogens is 4. The first-order valence-corrected chi connectivity index (χ1v) is 7.41. The Labute approximate surface area is 138 Å². The molecule has 1 saturated heterocycles. The predicted octanol–water partition coefficient (Wildman–Crippen LogP) is -0.0605. The number of anilines is 1. The first-order valence-electron chi connectivity index (χ1n) is 7.41. The Balaban J connectivity index is 1.93. The van der Waals surface area contributed by atoms with Crippen molar-refractivity contribution in [1.82, 2.24) is 19.5 Å². The molecule has 9 heteroatoms. The summed E-state index contributed by atoms with van der Waals surface area (Å²) in [4.78, 5) is 12.6. The minimum atomic E-state index is -1.20. The predicted molar refractivity (Wildman–Crippen MR) is 85.9 cm³/mol. The lowest BCUT2D eigenvalue weighted by molar-refractivity contribution is -0.0511. The van der Waals surface area contributed by atoms with Gasteiger partial charge in [0.2, 0.25) is 0 Å². The van der Waals surface area contributed by atoms with Crippen molar-refractivity contribution in [2.24, 2.45) is 0 Å². The number of nitrogens with one attached hydrogen (secondary N) is 1. The molecule has 1 aliphatic rings. The Morgan fingerprint density at radius 3 is 2.83 bits per heavy atom. The molecule has 1 aliphatic heterocycles. The van der Waals surface area contributed by atoms with Gasteiger partial charge in [0.05, 0.1) is 12.9 Å². The first-order chi connectivity index (χ1) is 11.5. The summed E-state index contributed by atoms with van der Waals surface area (Å²) >= 11 is 0. The number of rotatable bonds is 5. The van der Waals surface area contributed by atoms with Crippen LogP contribution in [0.15, 0.2) is 37.1 Å². The third kappa shape index (κ3) is 2.89. The van der Waals surface area contributed by atoms with Gasteiger partial charge in [-0.05, 0) is 13.0 Å². The third-order valence-electron chi connectivity index (χ3n) is 3.74. The van der Waals surface area contributed by atoms with E-state index >= 15 is 0 Å². The number of aliphatic hydroxyl groups excluding tert-OH is 3. The van der Waals surface area contributed by atoms with E-state index < -0.39 is 31.1 Å². The summed E-state index contributed by atoms with van der Waals surface area (Å²) in [6.45, 7) is 5.24. The first kappa shape index (κ1) is 16.5. The second-order valence-corrected chi connectivity index (χ2v) is 5.60. The maximum Gasteiger partial charge on any atom is 0.167 e.